The molecule has 0 fully saturated rings. The minimum Gasteiger partial charge on any atom is -0.452 e. The zero-order chi connectivity index (χ0) is 21.0. The van der Waals surface area contributed by atoms with Gasteiger partial charge >= 0.3 is 5.97 Å². The topological polar surface area (TPSA) is 100 Å². The largest absolute Gasteiger partial charge is 0.452 e. The van der Waals surface area contributed by atoms with Crippen LogP contribution < -0.4 is 10.6 Å². The van der Waals surface area contributed by atoms with Crippen molar-refractivity contribution >= 4 is 46.0 Å². The quantitative estimate of drug-likeness (QED) is 0.539. The fourth-order valence-corrected chi connectivity index (χ4v) is 3.08. The molecule has 0 saturated carbocycles. The van der Waals surface area contributed by atoms with Crippen LogP contribution in [0.3, 0.4) is 0 Å². The zero-order valence-electron chi connectivity index (χ0n) is 16.0. The number of hydrogen-bond acceptors (Lipinski definition) is 4. The van der Waals surface area contributed by atoms with Gasteiger partial charge in [0.05, 0.1) is 12.1 Å². The van der Waals surface area contributed by atoms with Crippen molar-refractivity contribution in [2.75, 3.05) is 18.5 Å². The van der Waals surface area contributed by atoms with Gasteiger partial charge in [-0.1, -0.05) is 35.9 Å². The Hall–Kier alpha value is -3.32. The van der Waals surface area contributed by atoms with E-state index in [0.29, 0.717) is 22.0 Å². The average molecular weight is 414 g/mol. The van der Waals surface area contributed by atoms with Crippen molar-refractivity contribution in [3.05, 3.63) is 64.3 Å². The number of nitrogens with one attached hydrogen (secondary N) is 3. The molecule has 8 heteroatoms. The summed E-state index contributed by atoms with van der Waals surface area (Å²) in [6, 6.07) is 12.5. The van der Waals surface area contributed by atoms with E-state index in [1.807, 2.05) is 18.2 Å². The fourth-order valence-electron chi connectivity index (χ4n) is 2.91. The molecule has 2 aromatic carbocycles. The van der Waals surface area contributed by atoms with Crippen LogP contribution in [0.25, 0.3) is 10.9 Å². The Bertz CT molecular complexity index is 1090. The van der Waals surface area contributed by atoms with Crippen LogP contribution in [0.5, 0.6) is 0 Å². The molecule has 150 valence electrons. The highest BCUT2D eigenvalue weighted by Crippen LogP contribution is 2.23. The summed E-state index contributed by atoms with van der Waals surface area (Å²) in [4.78, 5) is 39.4. The van der Waals surface area contributed by atoms with E-state index in [0.717, 1.165) is 16.5 Å². The molecule has 0 bridgehead atoms. The van der Waals surface area contributed by atoms with Crippen LogP contribution >= 0.6 is 11.6 Å². The second kappa shape index (κ2) is 8.79. The van der Waals surface area contributed by atoms with Crippen molar-refractivity contribution < 1.29 is 19.1 Å². The first-order valence-electron chi connectivity index (χ1n) is 8.93. The number of halogens is 1. The number of ether oxygens (including phenoxy) is 1. The van der Waals surface area contributed by atoms with Gasteiger partial charge in [0, 0.05) is 27.3 Å². The number of anilines is 1. The molecule has 3 N–H and O–H groups in total. The summed E-state index contributed by atoms with van der Waals surface area (Å²) in [7, 11) is 0. The lowest BCUT2D eigenvalue weighted by atomic mass is 10.1. The Morgan fingerprint density at radius 1 is 1.03 bits per heavy atom. The molecular formula is C21H20ClN3O4. The summed E-state index contributed by atoms with van der Waals surface area (Å²) in [6.45, 7) is 2.80. The third-order valence-corrected chi connectivity index (χ3v) is 4.83. The Morgan fingerprint density at radius 2 is 1.79 bits per heavy atom. The first kappa shape index (κ1) is 20.4. The monoisotopic (exact) mass is 413 g/mol. The van der Waals surface area contributed by atoms with Crippen LogP contribution in [0, 0.1) is 13.8 Å². The molecule has 0 saturated heterocycles. The van der Waals surface area contributed by atoms with Crippen LogP contribution in [-0.2, 0) is 14.3 Å². The van der Waals surface area contributed by atoms with Crippen LogP contribution in [-0.4, -0.2) is 35.9 Å². The van der Waals surface area contributed by atoms with E-state index in [1.165, 1.54) is 0 Å². The van der Waals surface area contributed by atoms with Crippen molar-refractivity contribution in [3.63, 3.8) is 0 Å². The number of benzene rings is 2. The number of carbonyl (C=O) groups excluding carboxylic acids is 3. The summed E-state index contributed by atoms with van der Waals surface area (Å²) < 4.78 is 5.10. The summed E-state index contributed by atoms with van der Waals surface area (Å²) in [6.07, 6.45) is 0. The highest BCUT2D eigenvalue weighted by molar-refractivity contribution is 6.31. The maximum Gasteiger partial charge on any atom is 0.341 e. The SMILES string of the molecule is Cc1[nH]c2ccccc2c1C(=O)OCC(=O)NCC(=O)Nc1cccc(Cl)c1C. The van der Waals surface area contributed by atoms with Gasteiger partial charge in [0.2, 0.25) is 5.91 Å². The zero-order valence-corrected chi connectivity index (χ0v) is 16.7. The molecule has 1 heterocycles. The standard InChI is InChI=1S/C21H20ClN3O4/c1-12-15(22)7-5-9-16(12)25-18(26)10-23-19(27)11-29-21(28)20-13(2)24-17-8-4-3-6-14(17)20/h3-9,24H,10-11H2,1-2H3,(H,23,27)(H,25,26). The first-order valence-corrected chi connectivity index (χ1v) is 9.30. The number of H-pyrrole nitrogens is 1. The number of esters is 1. The van der Waals surface area contributed by atoms with Gasteiger partial charge in [-0.2, -0.15) is 0 Å². The van der Waals surface area contributed by atoms with Crippen molar-refractivity contribution in [2.24, 2.45) is 0 Å². The van der Waals surface area contributed by atoms with Gasteiger partial charge in [-0.3, -0.25) is 9.59 Å². The Morgan fingerprint density at radius 3 is 2.59 bits per heavy atom. The Labute approximate surface area is 172 Å². The number of amides is 2. The molecule has 0 atom stereocenters. The molecule has 0 aliphatic rings. The third-order valence-electron chi connectivity index (χ3n) is 4.42. The Kier molecular flexibility index (Phi) is 6.19. The van der Waals surface area contributed by atoms with E-state index >= 15 is 0 Å². The van der Waals surface area contributed by atoms with Crippen LogP contribution in [0.4, 0.5) is 5.69 Å². The van der Waals surface area contributed by atoms with E-state index in [4.69, 9.17) is 16.3 Å². The van der Waals surface area contributed by atoms with Gasteiger partial charge in [-0.25, -0.2) is 4.79 Å². The van der Waals surface area contributed by atoms with Crippen LogP contribution in [0.2, 0.25) is 5.02 Å². The molecule has 0 aliphatic carbocycles. The summed E-state index contributed by atoms with van der Waals surface area (Å²) in [5.41, 5.74) is 3.17. The minimum atomic E-state index is -0.603. The Balaban J connectivity index is 1.51. The summed E-state index contributed by atoms with van der Waals surface area (Å²) >= 11 is 6.01. The summed E-state index contributed by atoms with van der Waals surface area (Å²) in [5, 5.41) is 6.35. The molecule has 0 aliphatic heterocycles. The molecule has 7 nitrogen and oxygen atoms in total. The highest BCUT2D eigenvalue weighted by Gasteiger charge is 2.18. The molecule has 0 unspecified atom stereocenters. The number of rotatable bonds is 6. The van der Waals surface area contributed by atoms with Gasteiger partial charge in [0.1, 0.15) is 0 Å². The van der Waals surface area contributed by atoms with Gasteiger partial charge in [0.15, 0.2) is 6.61 Å². The number of carbonyl (C=O) groups is 3. The van der Waals surface area contributed by atoms with Crippen LogP contribution in [0.1, 0.15) is 21.6 Å². The predicted molar refractivity (Wildman–Crippen MR) is 111 cm³/mol. The lowest BCUT2D eigenvalue weighted by molar-refractivity contribution is -0.126. The number of hydrogen-bond donors (Lipinski definition) is 3. The van der Waals surface area contributed by atoms with E-state index < -0.39 is 24.4 Å². The van der Waals surface area contributed by atoms with E-state index in [2.05, 4.69) is 15.6 Å². The predicted octanol–water partition coefficient (Wildman–Crippen LogP) is 3.35. The van der Waals surface area contributed by atoms with Gasteiger partial charge < -0.3 is 20.4 Å². The second-order valence-electron chi connectivity index (χ2n) is 6.48. The highest BCUT2D eigenvalue weighted by atomic mass is 35.5. The van der Waals surface area contributed by atoms with Crippen LogP contribution in [0.15, 0.2) is 42.5 Å². The smallest absolute Gasteiger partial charge is 0.341 e. The number of para-hydroxylation sites is 1. The lowest BCUT2D eigenvalue weighted by Gasteiger charge is -2.10. The third kappa shape index (κ3) is 4.75. The molecule has 3 rings (SSSR count). The fraction of sp³-hybridized carbons (Fsp3) is 0.190. The molecule has 29 heavy (non-hydrogen) atoms. The normalized spacial score (nSPS) is 10.6. The molecular weight excluding hydrogens is 394 g/mol. The maximum absolute atomic E-state index is 12.4. The maximum atomic E-state index is 12.4. The molecule has 3 aromatic rings. The molecule has 2 amide bonds. The molecule has 1 aromatic heterocycles. The average Bonchev–Trinajstić information content (AvgIpc) is 3.03. The van der Waals surface area contributed by atoms with Crippen molar-refractivity contribution in [1.82, 2.24) is 10.3 Å². The van der Waals surface area contributed by atoms with Gasteiger partial charge in [0.25, 0.3) is 5.91 Å². The molecule has 0 radical (unpaired) electrons. The van der Waals surface area contributed by atoms with E-state index in [1.54, 1.807) is 38.1 Å². The van der Waals surface area contributed by atoms with E-state index in [9.17, 15) is 14.4 Å². The van der Waals surface area contributed by atoms with Crippen molar-refractivity contribution in [1.29, 1.82) is 0 Å². The number of fused-ring (bicyclic) bond motifs is 1. The number of aromatic nitrogens is 1. The minimum absolute atomic E-state index is 0.256. The number of aromatic amines is 1. The van der Waals surface area contributed by atoms with Crippen molar-refractivity contribution in [2.45, 2.75) is 13.8 Å². The number of aryl methyl sites for hydroxylation is 1. The van der Waals surface area contributed by atoms with E-state index in [-0.39, 0.29) is 6.54 Å². The van der Waals surface area contributed by atoms with Gasteiger partial charge in [-0.05, 0) is 37.6 Å². The lowest BCUT2D eigenvalue weighted by Crippen LogP contribution is -2.35. The second-order valence-corrected chi connectivity index (χ2v) is 6.89. The van der Waals surface area contributed by atoms with Crippen molar-refractivity contribution in [3.8, 4) is 0 Å². The summed E-state index contributed by atoms with van der Waals surface area (Å²) in [5.74, 6) is -1.59. The first-order chi connectivity index (χ1) is 13.9. The van der Waals surface area contributed by atoms with Gasteiger partial charge in [-0.15, -0.1) is 0 Å². The molecule has 0 spiro atoms.